The molecule has 29 heavy (non-hydrogen) atoms. The zero-order chi connectivity index (χ0) is 20.9. The van der Waals surface area contributed by atoms with E-state index in [2.05, 4.69) is 49.2 Å². The highest BCUT2D eigenvalue weighted by Gasteiger charge is 2.31. The third kappa shape index (κ3) is 3.81. The van der Waals surface area contributed by atoms with E-state index >= 15 is 0 Å². The van der Waals surface area contributed by atoms with Crippen molar-refractivity contribution >= 4 is 17.1 Å². The highest BCUT2D eigenvalue weighted by Crippen LogP contribution is 2.31. The van der Waals surface area contributed by atoms with Crippen molar-refractivity contribution in [2.75, 3.05) is 20.1 Å². The lowest BCUT2D eigenvalue weighted by Crippen LogP contribution is -2.35. The summed E-state index contributed by atoms with van der Waals surface area (Å²) in [5.74, 6) is -0.819. The monoisotopic (exact) mass is 399 g/mol. The van der Waals surface area contributed by atoms with E-state index in [-0.39, 0.29) is 22.9 Å². The Labute approximate surface area is 169 Å². The lowest BCUT2D eigenvalue weighted by molar-refractivity contribution is 0.0944. The normalized spacial score (nSPS) is 18.1. The van der Waals surface area contributed by atoms with Crippen LogP contribution in [0.25, 0.3) is 11.2 Å². The van der Waals surface area contributed by atoms with Crippen LogP contribution in [0.5, 0.6) is 5.88 Å². The molecular formula is C21H29N5O3. The minimum atomic E-state index is -0.583. The molecule has 1 fully saturated rings. The highest BCUT2D eigenvalue weighted by molar-refractivity contribution is 5.97. The molecule has 0 unspecified atom stereocenters. The first-order valence-electron chi connectivity index (χ1n) is 10.2. The Kier molecular flexibility index (Phi) is 4.77. The Morgan fingerprint density at radius 3 is 2.66 bits per heavy atom. The second-order valence-electron chi connectivity index (χ2n) is 9.43. The number of aromatic hydroxyl groups is 1. The van der Waals surface area contributed by atoms with Gasteiger partial charge in [-0.15, -0.1) is 0 Å². The molecule has 2 aromatic heterocycles. The molecule has 0 radical (unpaired) electrons. The lowest BCUT2D eigenvalue weighted by Gasteiger charge is -2.25. The van der Waals surface area contributed by atoms with Gasteiger partial charge < -0.3 is 15.3 Å². The van der Waals surface area contributed by atoms with Crippen molar-refractivity contribution in [2.24, 2.45) is 5.41 Å². The van der Waals surface area contributed by atoms with Crippen LogP contribution in [0.2, 0.25) is 0 Å². The summed E-state index contributed by atoms with van der Waals surface area (Å²) in [7, 11) is 2.06. The molecule has 1 amide bonds. The molecule has 0 spiro atoms. The number of fused-ring (bicyclic) bond motifs is 1. The van der Waals surface area contributed by atoms with Gasteiger partial charge in [-0.1, -0.05) is 26.8 Å². The summed E-state index contributed by atoms with van der Waals surface area (Å²) >= 11 is 0. The molecule has 2 aromatic rings. The summed E-state index contributed by atoms with van der Waals surface area (Å²) in [5.41, 5.74) is 1.49. The quantitative estimate of drug-likeness (QED) is 0.819. The van der Waals surface area contributed by atoms with Crippen LogP contribution in [-0.2, 0) is 6.54 Å². The maximum atomic E-state index is 13.1. The molecule has 0 saturated heterocycles. The topological polar surface area (TPSA) is 91.9 Å². The Bertz CT molecular complexity index is 1050. The van der Waals surface area contributed by atoms with Crippen LogP contribution in [0.1, 0.15) is 56.0 Å². The number of hydrogen-bond donors (Lipinski definition) is 2. The first-order valence-corrected chi connectivity index (χ1v) is 10.2. The standard InChI is InChI=1S/C21H29N5O3/c1-21(2,3)12-25-18-15(13-7-9-24(4)10-8-13)11-22-26(18)20(29)16(19(25)28)17(27)23-14-5-6-14/h7,11,14,28H,5-6,8-10,12H2,1-4H3,(H,23,27). The number of nitrogens with one attached hydrogen (secondary N) is 1. The molecule has 2 aliphatic rings. The smallest absolute Gasteiger partial charge is 0.291 e. The Balaban J connectivity index is 1.92. The number of likely N-dealkylation sites (N-methyl/N-ethyl adjacent to an activating group) is 1. The van der Waals surface area contributed by atoms with E-state index in [1.54, 1.807) is 10.8 Å². The van der Waals surface area contributed by atoms with Crippen molar-refractivity contribution in [3.8, 4) is 5.88 Å². The second kappa shape index (κ2) is 7.02. The fourth-order valence-corrected chi connectivity index (χ4v) is 3.74. The number of carbonyl (C=O) groups is 1. The van der Waals surface area contributed by atoms with Gasteiger partial charge in [-0.25, -0.2) is 0 Å². The molecule has 0 atom stereocenters. The zero-order valence-corrected chi connectivity index (χ0v) is 17.5. The van der Waals surface area contributed by atoms with Gasteiger partial charge in [0.15, 0.2) is 5.56 Å². The van der Waals surface area contributed by atoms with Crippen molar-refractivity contribution in [3.63, 3.8) is 0 Å². The van der Waals surface area contributed by atoms with Gasteiger partial charge in [-0.05, 0) is 37.3 Å². The zero-order valence-electron chi connectivity index (χ0n) is 17.5. The maximum absolute atomic E-state index is 13.1. The average Bonchev–Trinajstić information content (AvgIpc) is 3.33. The van der Waals surface area contributed by atoms with Gasteiger partial charge in [0, 0.05) is 31.2 Å². The van der Waals surface area contributed by atoms with Crippen LogP contribution >= 0.6 is 0 Å². The van der Waals surface area contributed by atoms with E-state index < -0.39 is 11.5 Å². The summed E-state index contributed by atoms with van der Waals surface area (Å²) in [6, 6.07) is 0.0885. The van der Waals surface area contributed by atoms with Crippen molar-refractivity contribution in [2.45, 2.75) is 52.6 Å². The summed E-state index contributed by atoms with van der Waals surface area (Å²) < 4.78 is 2.94. The molecule has 156 valence electrons. The van der Waals surface area contributed by atoms with Crippen LogP contribution in [-0.4, -0.2) is 56.3 Å². The van der Waals surface area contributed by atoms with Gasteiger partial charge in [-0.2, -0.15) is 9.61 Å². The molecule has 0 aromatic carbocycles. The van der Waals surface area contributed by atoms with Gasteiger partial charge in [0.05, 0.1) is 6.20 Å². The Morgan fingerprint density at radius 2 is 2.07 bits per heavy atom. The SMILES string of the molecule is CN1CC=C(c2cnn3c(=O)c(C(=O)NC4CC4)c(O)n(CC(C)(C)C)c23)CC1. The van der Waals surface area contributed by atoms with Crippen molar-refractivity contribution in [3.05, 3.63) is 33.8 Å². The summed E-state index contributed by atoms with van der Waals surface area (Å²) in [6.45, 7) is 8.34. The Hall–Kier alpha value is -2.61. The van der Waals surface area contributed by atoms with E-state index in [1.165, 1.54) is 4.52 Å². The number of rotatable bonds is 4. The number of amides is 1. The first kappa shape index (κ1) is 19.7. The predicted octanol–water partition coefficient (Wildman–Crippen LogP) is 1.86. The number of carbonyl (C=O) groups excluding carboxylic acids is 1. The summed E-state index contributed by atoms with van der Waals surface area (Å²) in [5, 5.41) is 18.2. The van der Waals surface area contributed by atoms with Crippen LogP contribution in [0, 0.1) is 5.41 Å². The molecule has 2 N–H and O–H groups in total. The van der Waals surface area contributed by atoms with Gasteiger partial charge in [0.2, 0.25) is 5.88 Å². The first-order chi connectivity index (χ1) is 13.7. The fourth-order valence-electron chi connectivity index (χ4n) is 3.74. The van der Waals surface area contributed by atoms with E-state index in [4.69, 9.17) is 0 Å². The molecule has 0 bridgehead atoms. The lowest BCUT2D eigenvalue weighted by atomic mass is 9.96. The molecular weight excluding hydrogens is 370 g/mol. The van der Waals surface area contributed by atoms with E-state index in [0.29, 0.717) is 12.2 Å². The van der Waals surface area contributed by atoms with Crippen LogP contribution < -0.4 is 10.9 Å². The average molecular weight is 399 g/mol. The minimum Gasteiger partial charge on any atom is -0.494 e. The maximum Gasteiger partial charge on any atom is 0.291 e. The van der Waals surface area contributed by atoms with Gasteiger partial charge in [0.1, 0.15) is 5.65 Å². The van der Waals surface area contributed by atoms with Crippen molar-refractivity contribution in [1.29, 1.82) is 0 Å². The largest absolute Gasteiger partial charge is 0.494 e. The van der Waals surface area contributed by atoms with Crippen molar-refractivity contribution < 1.29 is 9.90 Å². The minimum absolute atomic E-state index is 0.0885. The third-order valence-electron chi connectivity index (χ3n) is 5.42. The number of hydrogen-bond acceptors (Lipinski definition) is 5. The van der Waals surface area contributed by atoms with Gasteiger partial charge in [-0.3, -0.25) is 14.2 Å². The van der Waals surface area contributed by atoms with Crippen LogP contribution in [0.3, 0.4) is 0 Å². The van der Waals surface area contributed by atoms with Crippen molar-refractivity contribution in [1.82, 2.24) is 24.4 Å². The molecule has 3 heterocycles. The molecule has 4 rings (SSSR count). The van der Waals surface area contributed by atoms with E-state index in [9.17, 15) is 14.7 Å². The Morgan fingerprint density at radius 1 is 1.34 bits per heavy atom. The summed E-state index contributed by atoms with van der Waals surface area (Å²) in [6.07, 6.45) is 6.46. The third-order valence-corrected chi connectivity index (χ3v) is 5.42. The summed E-state index contributed by atoms with van der Waals surface area (Å²) in [4.78, 5) is 28.0. The second-order valence-corrected chi connectivity index (χ2v) is 9.43. The van der Waals surface area contributed by atoms with Crippen LogP contribution in [0.4, 0.5) is 0 Å². The van der Waals surface area contributed by atoms with Gasteiger partial charge >= 0.3 is 0 Å². The molecule has 8 nitrogen and oxygen atoms in total. The van der Waals surface area contributed by atoms with E-state index in [0.717, 1.165) is 43.5 Å². The van der Waals surface area contributed by atoms with E-state index in [1.807, 2.05) is 0 Å². The molecule has 8 heteroatoms. The predicted molar refractivity (Wildman–Crippen MR) is 111 cm³/mol. The molecule has 1 saturated carbocycles. The molecule has 1 aliphatic carbocycles. The number of nitrogens with zero attached hydrogens (tertiary/aromatic N) is 4. The molecule has 1 aliphatic heterocycles. The number of aromatic nitrogens is 3. The highest BCUT2D eigenvalue weighted by atomic mass is 16.3. The van der Waals surface area contributed by atoms with Gasteiger partial charge in [0.25, 0.3) is 11.5 Å². The fraction of sp³-hybridized carbons (Fsp3) is 0.571. The van der Waals surface area contributed by atoms with Crippen LogP contribution in [0.15, 0.2) is 17.1 Å².